The molecule has 0 unspecified atom stereocenters. The quantitative estimate of drug-likeness (QED) is 0.237. The van der Waals surface area contributed by atoms with Gasteiger partial charge in [-0.1, -0.05) is 47.5 Å². The van der Waals surface area contributed by atoms with Crippen molar-refractivity contribution in [2.75, 3.05) is 5.32 Å². The smallest absolute Gasteiger partial charge is 0.260 e. The lowest BCUT2D eigenvalue weighted by molar-refractivity contribution is -0.00765. The van der Waals surface area contributed by atoms with Crippen LogP contribution in [0.5, 0.6) is 0 Å². The Balaban J connectivity index is 1.20. The molecule has 39 heavy (non-hydrogen) atoms. The minimum atomic E-state index is -0.177. The Morgan fingerprint density at radius 3 is 2.31 bits per heavy atom. The second kappa shape index (κ2) is 9.79. The number of halogens is 3. The molecule has 2 aromatic heterocycles. The summed E-state index contributed by atoms with van der Waals surface area (Å²) in [6.07, 6.45) is 11.2. The molecule has 2 heterocycles. The van der Waals surface area contributed by atoms with Crippen LogP contribution in [0.3, 0.4) is 0 Å². The van der Waals surface area contributed by atoms with Crippen LogP contribution in [-0.2, 0) is 12.0 Å². The van der Waals surface area contributed by atoms with Crippen molar-refractivity contribution >= 4 is 50.9 Å². The van der Waals surface area contributed by atoms with E-state index in [9.17, 15) is 4.79 Å². The number of aromatic nitrogens is 4. The predicted octanol–water partition coefficient (Wildman–Crippen LogP) is 7.91. The molecule has 0 aliphatic heterocycles. The third-order valence-electron chi connectivity index (χ3n) is 8.80. The summed E-state index contributed by atoms with van der Waals surface area (Å²) < 4.78 is 4.36. The lowest BCUT2D eigenvalue weighted by Gasteiger charge is -2.56. The molecule has 4 aliphatic rings. The Kier molecular flexibility index (Phi) is 6.37. The number of rotatable bonds is 6. The largest absolute Gasteiger partial charge is 0.304 e. The molecule has 2 aromatic carbocycles. The lowest BCUT2D eigenvalue weighted by Crippen LogP contribution is -2.49. The Morgan fingerprint density at radius 2 is 1.64 bits per heavy atom. The summed E-state index contributed by atoms with van der Waals surface area (Å²) in [5, 5.41) is 13.9. The summed E-state index contributed by atoms with van der Waals surface area (Å²) in [6, 6.07) is 15.6. The maximum Gasteiger partial charge on any atom is 0.260 e. The number of carbonyl (C=O) groups excluding carboxylic acids is 1. The molecule has 4 aromatic rings. The van der Waals surface area contributed by atoms with Crippen molar-refractivity contribution < 1.29 is 4.79 Å². The van der Waals surface area contributed by atoms with E-state index in [1.54, 1.807) is 10.7 Å². The average molecular weight is 625 g/mol. The molecule has 0 spiro atoms. The minimum absolute atomic E-state index is 0.0219. The van der Waals surface area contributed by atoms with Gasteiger partial charge in [-0.3, -0.25) is 9.48 Å². The molecule has 0 atom stereocenters. The van der Waals surface area contributed by atoms with Gasteiger partial charge in [-0.05, 0) is 102 Å². The van der Waals surface area contributed by atoms with Gasteiger partial charge in [-0.15, -0.1) is 0 Å². The van der Waals surface area contributed by atoms with Crippen LogP contribution in [0.1, 0.15) is 60.1 Å². The highest BCUT2D eigenvalue weighted by molar-refractivity contribution is 9.10. The molecule has 200 valence electrons. The van der Waals surface area contributed by atoms with Crippen molar-refractivity contribution in [2.24, 2.45) is 17.8 Å². The standard InChI is InChI=1S/C30H28BrCl2N5O/c31-24-17-37(15-18-6-7-25(32)26(33)11-18)36-28(24)34-29(39)23-16-38(22-4-2-1-3-5-22)35-27(23)30-12-19-8-20(13-30)10-21(9-19)14-30/h1-7,11,16-17,19-21H,8-10,12-15H2,(H,34,36,39). The summed E-state index contributed by atoms with van der Waals surface area (Å²) in [5.41, 5.74) is 3.49. The van der Waals surface area contributed by atoms with Gasteiger partial charge < -0.3 is 5.32 Å². The first-order chi connectivity index (χ1) is 18.8. The van der Waals surface area contributed by atoms with Gasteiger partial charge in [0, 0.05) is 17.8 Å². The van der Waals surface area contributed by atoms with Crippen LogP contribution in [0, 0.1) is 17.8 Å². The van der Waals surface area contributed by atoms with Crippen LogP contribution in [0.15, 0.2) is 65.4 Å². The molecule has 4 saturated carbocycles. The molecule has 9 heteroatoms. The zero-order valence-corrected chi connectivity index (χ0v) is 24.4. The molecule has 1 N–H and O–H groups in total. The fourth-order valence-electron chi connectivity index (χ4n) is 7.61. The Bertz CT molecular complexity index is 1530. The summed E-state index contributed by atoms with van der Waals surface area (Å²) in [7, 11) is 0. The maximum atomic E-state index is 13.9. The zero-order chi connectivity index (χ0) is 26.7. The first-order valence-electron chi connectivity index (χ1n) is 13.5. The summed E-state index contributed by atoms with van der Waals surface area (Å²) in [4.78, 5) is 13.9. The molecule has 1 amide bonds. The first kappa shape index (κ1) is 25.4. The average Bonchev–Trinajstić information content (AvgIpc) is 3.50. The van der Waals surface area contributed by atoms with Gasteiger partial charge in [0.15, 0.2) is 5.82 Å². The van der Waals surface area contributed by atoms with Crippen LogP contribution in [-0.4, -0.2) is 25.5 Å². The third kappa shape index (κ3) is 4.72. The van der Waals surface area contributed by atoms with Gasteiger partial charge in [-0.2, -0.15) is 10.2 Å². The Hall–Kier alpha value is -2.61. The maximum absolute atomic E-state index is 13.9. The van der Waals surface area contributed by atoms with Crippen LogP contribution in [0.4, 0.5) is 5.82 Å². The van der Waals surface area contributed by atoms with E-state index < -0.39 is 0 Å². The molecular weight excluding hydrogens is 597 g/mol. The highest BCUT2D eigenvalue weighted by Crippen LogP contribution is 2.61. The highest BCUT2D eigenvalue weighted by Gasteiger charge is 2.54. The van der Waals surface area contributed by atoms with Gasteiger partial charge in [0.1, 0.15) is 0 Å². The molecule has 0 saturated heterocycles. The minimum Gasteiger partial charge on any atom is -0.304 e. The number of anilines is 1. The van der Waals surface area contributed by atoms with Gasteiger partial charge >= 0.3 is 0 Å². The molecule has 4 bridgehead atoms. The molecular formula is C30H28BrCl2N5O. The fourth-order valence-corrected chi connectivity index (χ4v) is 8.34. The van der Waals surface area contributed by atoms with Crippen molar-refractivity contribution in [3.63, 3.8) is 0 Å². The molecule has 4 fully saturated rings. The van der Waals surface area contributed by atoms with Gasteiger partial charge in [0.05, 0.1) is 38.0 Å². The molecule has 4 aliphatic carbocycles. The van der Waals surface area contributed by atoms with E-state index in [-0.39, 0.29) is 11.3 Å². The topological polar surface area (TPSA) is 64.7 Å². The fraction of sp³-hybridized carbons (Fsp3) is 0.367. The number of hydrogen-bond donors (Lipinski definition) is 1. The van der Waals surface area contributed by atoms with Crippen molar-refractivity contribution in [1.29, 1.82) is 0 Å². The predicted molar refractivity (Wildman–Crippen MR) is 157 cm³/mol. The second-order valence-electron chi connectivity index (χ2n) is 11.6. The second-order valence-corrected chi connectivity index (χ2v) is 13.3. The number of amides is 1. The number of para-hydroxylation sites is 1. The van der Waals surface area contributed by atoms with E-state index in [2.05, 4.69) is 26.3 Å². The molecule has 6 nitrogen and oxygen atoms in total. The van der Waals surface area contributed by atoms with Gasteiger partial charge in [0.25, 0.3) is 5.91 Å². The first-order valence-corrected chi connectivity index (χ1v) is 15.0. The number of nitrogens with one attached hydrogen (secondary N) is 1. The SMILES string of the molecule is O=C(Nc1nn(Cc2ccc(Cl)c(Cl)c2)cc1Br)c1cn(-c2ccccc2)nc1C12CC3CC(CC(C3)C1)C2. The van der Waals surface area contributed by atoms with Crippen molar-refractivity contribution in [1.82, 2.24) is 19.6 Å². The van der Waals surface area contributed by atoms with Gasteiger partial charge in [0.2, 0.25) is 0 Å². The summed E-state index contributed by atoms with van der Waals surface area (Å²) >= 11 is 15.8. The van der Waals surface area contributed by atoms with Crippen molar-refractivity contribution in [3.05, 3.63) is 92.3 Å². The normalized spacial score (nSPS) is 25.3. The molecule has 0 radical (unpaired) electrons. The number of carbonyl (C=O) groups is 1. The van der Waals surface area contributed by atoms with E-state index >= 15 is 0 Å². The summed E-state index contributed by atoms with van der Waals surface area (Å²) in [5.74, 6) is 2.55. The number of hydrogen-bond acceptors (Lipinski definition) is 3. The monoisotopic (exact) mass is 623 g/mol. The number of nitrogens with zero attached hydrogens (tertiary/aromatic N) is 4. The lowest BCUT2D eigenvalue weighted by atomic mass is 9.48. The van der Waals surface area contributed by atoms with Crippen molar-refractivity contribution in [3.8, 4) is 5.69 Å². The van der Waals surface area contributed by atoms with Crippen LogP contribution >= 0.6 is 39.1 Å². The summed E-state index contributed by atoms with van der Waals surface area (Å²) in [6.45, 7) is 0.496. The van der Waals surface area contributed by atoms with E-state index in [4.69, 9.17) is 28.3 Å². The third-order valence-corrected chi connectivity index (χ3v) is 10.1. The Morgan fingerprint density at radius 1 is 0.949 bits per heavy atom. The van der Waals surface area contributed by atoms with Crippen molar-refractivity contribution in [2.45, 2.75) is 50.5 Å². The number of benzene rings is 2. The van der Waals surface area contributed by atoms with E-state index in [0.29, 0.717) is 32.4 Å². The van der Waals surface area contributed by atoms with Crippen LogP contribution in [0.2, 0.25) is 10.0 Å². The van der Waals surface area contributed by atoms with E-state index in [1.807, 2.05) is 59.5 Å². The van der Waals surface area contributed by atoms with E-state index in [1.165, 1.54) is 19.3 Å². The zero-order valence-electron chi connectivity index (χ0n) is 21.3. The molecule has 8 rings (SSSR count). The van der Waals surface area contributed by atoms with E-state index in [0.717, 1.165) is 54.0 Å². The van der Waals surface area contributed by atoms with Crippen LogP contribution in [0.25, 0.3) is 5.69 Å². The van der Waals surface area contributed by atoms with Crippen LogP contribution < -0.4 is 5.32 Å². The Labute approximate surface area is 245 Å². The van der Waals surface area contributed by atoms with Gasteiger partial charge in [-0.25, -0.2) is 4.68 Å². The highest BCUT2D eigenvalue weighted by atomic mass is 79.9.